The van der Waals surface area contributed by atoms with Crippen molar-refractivity contribution in [3.05, 3.63) is 52.0 Å². The number of thiocarbonyl (C=S) groups is 1. The largest absolute Gasteiger partial charge is 0.506 e. The van der Waals surface area contributed by atoms with Gasteiger partial charge in [-0.3, -0.25) is 10.1 Å². The highest BCUT2D eigenvalue weighted by molar-refractivity contribution is 7.80. The number of hydrogen-bond donors (Lipinski definition) is 3. The van der Waals surface area contributed by atoms with Gasteiger partial charge in [-0.05, 0) is 61.0 Å². The normalized spacial score (nSPS) is 11.8. The van der Waals surface area contributed by atoms with Gasteiger partial charge in [0.05, 0.1) is 10.7 Å². The Morgan fingerprint density at radius 2 is 1.85 bits per heavy atom. The van der Waals surface area contributed by atoms with Crippen LogP contribution >= 0.6 is 35.4 Å². The lowest BCUT2D eigenvalue weighted by atomic mass is 10.0. The molecule has 0 bridgehead atoms. The minimum atomic E-state index is -0.848. The predicted molar refractivity (Wildman–Crippen MR) is 113 cm³/mol. The molecular formula is C19H20Cl2N2O3S. The fraction of sp³-hybridized carbons (Fsp3) is 0.263. The third kappa shape index (κ3) is 5.99. The molecule has 0 saturated carbocycles. The molecule has 0 fully saturated rings. The van der Waals surface area contributed by atoms with E-state index in [9.17, 15) is 9.90 Å². The van der Waals surface area contributed by atoms with E-state index >= 15 is 0 Å². The molecule has 1 atom stereocenters. The number of anilines is 1. The van der Waals surface area contributed by atoms with Crippen molar-refractivity contribution in [3.63, 3.8) is 0 Å². The zero-order valence-electron chi connectivity index (χ0n) is 15.0. The van der Waals surface area contributed by atoms with E-state index in [0.717, 1.165) is 5.56 Å². The summed E-state index contributed by atoms with van der Waals surface area (Å²) >= 11 is 17.0. The average molecular weight is 427 g/mol. The van der Waals surface area contributed by atoms with Gasteiger partial charge in [-0.25, -0.2) is 0 Å². The second-order valence-corrected chi connectivity index (χ2v) is 7.46. The van der Waals surface area contributed by atoms with E-state index in [1.165, 1.54) is 6.07 Å². The Kier molecular flexibility index (Phi) is 7.30. The van der Waals surface area contributed by atoms with Crippen LogP contribution in [0.2, 0.25) is 10.0 Å². The monoisotopic (exact) mass is 426 g/mol. The van der Waals surface area contributed by atoms with Gasteiger partial charge in [0.15, 0.2) is 11.2 Å². The Labute approximate surface area is 173 Å². The van der Waals surface area contributed by atoms with Gasteiger partial charge >= 0.3 is 0 Å². The van der Waals surface area contributed by atoms with E-state index in [0.29, 0.717) is 21.5 Å². The molecule has 0 aromatic heterocycles. The number of rotatable bonds is 5. The molecule has 3 N–H and O–H groups in total. The molecule has 8 heteroatoms. The summed E-state index contributed by atoms with van der Waals surface area (Å²) in [6.45, 7) is 5.65. The van der Waals surface area contributed by atoms with Crippen molar-refractivity contribution in [2.45, 2.75) is 32.8 Å². The maximum atomic E-state index is 12.3. The van der Waals surface area contributed by atoms with E-state index in [1.54, 1.807) is 31.2 Å². The molecule has 2 aromatic rings. The quantitative estimate of drug-likeness (QED) is 0.457. The number of benzene rings is 2. The predicted octanol–water partition coefficient (Wildman–Crippen LogP) is 5.10. The molecule has 0 aliphatic carbocycles. The average Bonchev–Trinajstić information content (AvgIpc) is 2.58. The lowest BCUT2D eigenvalue weighted by Crippen LogP contribution is -2.42. The molecule has 0 radical (unpaired) electrons. The third-order valence-corrected chi connectivity index (χ3v) is 4.47. The maximum Gasteiger partial charge on any atom is 0.266 e. The molecule has 0 aliphatic rings. The lowest BCUT2D eigenvalue weighted by Gasteiger charge is -2.17. The maximum absolute atomic E-state index is 12.3. The summed E-state index contributed by atoms with van der Waals surface area (Å²) in [4.78, 5) is 12.3. The van der Waals surface area contributed by atoms with E-state index < -0.39 is 12.0 Å². The number of hydrogen-bond acceptors (Lipinski definition) is 4. The Morgan fingerprint density at radius 3 is 2.48 bits per heavy atom. The number of ether oxygens (including phenoxy) is 1. The van der Waals surface area contributed by atoms with Crippen molar-refractivity contribution in [2.24, 2.45) is 0 Å². The summed E-state index contributed by atoms with van der Waals surface area (Å²) in [6, 6.07) is 9.92. The molecule has 0 aliphatic heterocycles. The fourth-order valence-corrected chi connectivity index (χ4v) is 2.86. The van der Waals surface area contributed by atoms with E-state index in [2.05, 4.69) is 10.6 Å². The van der Waals surface area contributed by atoms with Gasteiger partial charge in [-0.15, -0.1) is 0 Å². The van der Waals surface area contributed by atoms with Gasteiger partial charge in [0.2, 0.25) is 0 Å². The molecule has 1 amide bonds. The topological polar surface area (TPSA) is 70.6 Å². The van der Waals surface area contributed by atoms with E-state index in [-0.39, 0.29) is 16.8 Å². The first kappa shape index (κ1) is 21.3. The van der Waals surface area contributed by atoms with Crippen LogP contribution in [-0.2, 0) is 4.79 Å². The number of carbonyl (C=O) groups excluding carboxylic acids is 1. The zero-order chi connectivity index (χ0) is 20.1. The molecule has 0 spiro atoms. The number of amides is 1. The Hall–Kier alpha value is -2.02. The van der Waals surface area contributed by atoms with Crippen LogP contribution in [0.4, 0.5) is 5.69 Å². The highest BCUT2D eigenvalue weighted by Gasteiger charge is 2.18. The number of carbonyl (C=O) groups is 1. The summed E-state index contributed by atoms with van der Waals surface area (Å²) in [5.41, 5.74) is 1.44. The Bertz CT molecular complexity index is 859. The first-order valence-corrected chi connectivity index (χ1v) is 9.40. The number of halogens is 2. The molecule has 2 aromatic carbocycles. The summed E-state index contributed by atoms with van der Waals surface area (Å²) in [5, 5.41) is 16.2. The summed E-state index contributed by atoms with van der Waals surface area (Å²) in [5.74, 6) is 0.197. The number of phenolic OH excluding ortho intramolecular Hbond substituents is 1. The minimum Gasteiger partial charge on any atom is -0.506 e. The summed E-state index contributed by atoms with van der Waals surface area (Å²) in [6.07, 6.45) is -0.848. The van der Waals surface area contributed by atoms with Crippen molar-refractivity contribution >= 4 is 52.1 Å². The van der Waals surface area contributed by atoms with Crippen LogP contribution in [0.1, 0.15) is 32.3 Å². The second kappa shape index (κ2) is 9.26. The van der Waals surface area contributed by atoms with Crippen molar-refractivity contribution in [1.29, 1.82) is 0 Å². The second-order valence-electron chi connectivity index (χ2n) is 6.21. The first-order chi connectivity index (χ1) is 12.7. The third-order valence-electron chi connectivity index (χ3n) is 3.74. The number of aromatic hydroxyl groups is 1. The van der Waals surface area contributed by atoms with Crippen LogP contribution in [0.5, 0.6) is 11.5 Å². The molecular weight excluding hydrogens is 407 g/mol. The highest BCUT2D eigenvalue weighted by atomic mass is 35.5. The van der Waals surface area contributed by atoms with Gasteiger partial charge in [0.1, 0.15) is 11.5 Å². The molecule has 1 unspecified atom stereocenters. The minimum absolute atomic E-state index is 0.0354. The smallest absolute Gasteiger partial charge is 0.266 e. The zero-order valence-corrected chi connectivity index (χ0v) is 17.4. The Balaban J connectivity index is 1.98. The summed E-state index contributed by atoms with van der Waals surface area (Å²) < 4.78 is 5.55. The SMILES string of the molecule is CC(Oc1ccc(Cl)cc1Cl)C(=O)NC(=S)Nc1cc(C(C)C)ccc1O. The van der Waals surface area contributed by atoms with Gasteiger partial charge in [0.25, 0.3) is 5.91 Å². The fourth-order valence-electron chi connectivity index (χ4n) is 2.19. The van der Waals surface area contributed by atoms with E-state index in [4.69, 9.17) is 40.2 Å². The molecule has 0 saturated heterocycles. The van der Waals surface area contributed by atoms with E-state index in [1.807, 2.05) is 19.9 Å². The van der Waals surface area contributed by atoms with Crippen molar-refractivity contribution in [1.82, 2.24) is 5.32 Å². The number of nitrogens with one attached hydrogen (secondary N) is 2. The summed E-state index contributed by atoms with van der Waals surface area (Å²) in [7, 11) is 0. The van der Waals surface area contributed by atoms with Crippen LogP contribution in [-0.4, -0.2) is 22.2 Å². The van der Waals surface area contributed by atoms with Crippen LogP contribution in [0.25, 0.3) is 0 Å². The Morgan fingerprint density at radius 1 is 1.15 bits per heavy atom. The van der Waals surface area contributed by atoms with Crippen molar-refractivity contribution in [3.8, 4) is 11.5 Å². The van der Waals surface area contributed by atoms with Crippen LogP contribution < -0.4 is 15.4 Å². The van der Waals surface area contributed by atoms with Gasteiger partial charge in [0, 0.05) is 5.02 Å². The van der Waals surface area contributed by atoms with Crippen LogP contribution in [0, 0.1) is 0 Å². The number of phenols is 1. The van der Waals surface area contributed by atoms with Gasteiger partial charge < -0.3 is 15.2 Å². The highest BCUT2D eigenvalue weighted by Crippen LogP contribution is 2.29. The van der Waals surface area contributed by atoms with Crippen LogP contribution in [0.15, 0.2) is 36.4 Å². The van der Waals surface area contributed by atoms with Crippen LogP contribution in [0.3, 0.4) is 0 Å². The standard InChI is InChI=1S/C19H20Cl2N2O3S/c1-10(2)12-4-6-16(24)15(8-12)22-19(27)23-18(25)11(3)26-17-7-5-13(20)9-14(17)21/h4-11,24H,1-3H3,(H2,22,23,25,27). The lowest BCUT2D eigenvalue weighted by molar-refractivity contribution is -0.125. The molecule has 0 heterocycles. The molecule has 144 valence electrons. The van der Waals surface area contributed by atoms with Gasteiger partial charge in [-0.2, -0.15) is 0 Å². The first-order valence-electron chi connectivity index (χ1n) is 8.24. The molecule has 27 heavy (non-hydrogen) atoms. The van der Waals surface area contributed by atoms with Crippen molar-refractivity contribution < 1.29 is 14.6 Å². The molecule has 2 rings (SSSR count). The van der Waals surface area contributed by atoms with Crippen molar-refractivity contribution in [2.75, 3.05) is 5.32 Å². The van der Waals surface area contributed by atoms with Gasteiger partial charge in [-0.1, -0.05) is 43.1 Å². The molecule has 5 nitrogen and oxygen atoms in total.